The van der Waals surface area contributed by atoms with E-state index in [-0.39, 0.29) is 11.4 Å². The third-order valence-electron chi connectivity index (χ3n) is 5.04. The number of fused-ring (bicyclic) bond motifs is 3. The zero-order valence-electron chi connectivity index (χ0n) is 14.5. The van der Waals surface area contributed by atoms with E-state index in [1.54, 1.807) is 22.0 Å². The minimum Gasteiger partial charge on any atom is -0.292 e. The van der Waals surface area contributed by atoms with E-state index >= 15 is 0 Å². The molecule has 0 saturated heterocycles. The first kappa shape index (κ1) is 16.5. The zero-order chi connectivity index (χ0) is 17.6. The number of benzene rings is 1. The molecule has 0 radical (unpaired) electrons. The Hall–Kier alpha value is -2.01. The van der Waals surface area contributed by atoms with Gasteiger partial charge in [-0.3, -0.25) is 9.36 Å². The molecule has 0 spiro atoms. The molecule has 5 heteroatoms. The number of rotatable bonds is 3. The van der Waals surface area contributed by atoms with E-state index in [1.165, 1.54) is 22.6 Å². The molecule has 0 aliphatic heterocycles. The SMILES string of the molecule is CCc1nc2sc3c(c2c(=O)n1Cc1cccc(F)c1)CCC(C)C3. The van der Waals surface area contributed by atoms with Crippen LogP contribution in [0.1, 0.15) is 42.1 Å². The summed E-state index contributed by atoms with van der Waals surface area (Å²) in [6.45, 7) is 4.63. The van der Waals surface area contributed by atoms with Gasteiger partial charge in [-0.05, 0) is 48.4 Å². The first-order valence-corrected chi connectivity index (χ1v) is 9.67. The topological polar surface area (TPSA) is 34.9 Å². The van der Waals surface area contributed by atoms with Crippen molar-refractivity contribution >= 4 is 21.6 Å². The van der Waals surface area contributed by atoms with E-state index in [9.17, 15) is 9.18 Å². The Balaban J connectivity index is 1.88. The van der Waals surface area contributed by atoms with Crippen LogP contribution >= 0.6 is 11.3 Å². The van der Waals surface area contributed by atoms with Gasteiger partial charge in [0.15, 0.2) is 0 Å². The fraction of sp³-hybridized carbons (Fsp3) is 0.400. The van der Waals surface area contributed by atoms with Gasteiger partial charge in [-0.2, -0.15) is 0 Å². The van der Waals surface area contributed by atoms with Crippen molar-refractivity contribution in [3.05, 3.63) is 62.3 Å². The summed E-state index contributed by atoms with van der Waals surface area (Å²) in [5, 5.41) is 0.792. The molecule has 1 aliphatic rings. The summed E-state index contributed by atoms with van der Waals surface area (Å²) in [6.07, 6.45) is 3.80. The predicted molar refractivity (Wildman–Crippen MR) is 99.9 cm³/mol. The second-order valence-corrected chi connectivity index (χ2v) is 8.02. The molecule has 0 bridgehead atoms. The van der Waals surface area contributed by atoms with Crippen molar-refractivity contribution in [2.45, 2.75) is 46.1 Å². The maximum atomic E-state index is 13.5. The highest BCUT2D eigenvalue weighted by Crippen LogP contribution is 2.35. The van der Waals surface area contributed by atoms with Crippen LogP contribution in [0.3, 0.4) is 0 Å². The minimum absolute atomic E-state index is 0.0261. The van der Waals surface area contributed by atoms with Crippen LogP contribution in [0.2, 0.25) is 0 Å². The van der Waals surface area contributed by atoms with Crippen LogP contribution in [-0.4, -0.2) is 9.55 Å². The highest BCUT2D eigenvalue weighted by atomic mass is 32.1. The summed E-state index contributed by atoms with van der Waals surface area (Å²) < 4.78 is 15.2. The number of thiophene rings is 1. The van der Waals surface area contributed by atoms with Crippen molar-refractivity contribution in [3.63, 3.8) is 0 Å². The lowest BCUT2D eigenvalue weighted by atomic mass is 9.89. The molecule has 3 aromatic rings. The van der Waals surface area contributed by atoms with E-state index < -0.39 is 0 Å². The zero-order valence-corrected chi connectivity index (χ0v) is 15.3. The largest absolute Gasteiger partial charge is 0.292 e. The summed E-state index contributed by atoms with van der Waals surface area (Å²) in [6, 6.07) is 6.44. The van der Waals surface area contributed by atoms with Crippen molar-refractivity contribution in [2.24, 2.45) is 5.92 Å². The Labute approximate surface area is 150 Å². The standard InChI is InChI=1S/C20H21FN2OS/c1-3-17-22-19-18(15-8-7-12(2)9-16(15)25-19)20(24)23(17)11-13-5-4-6-14(21)10-13/h4-6,10,12H,3,7-9,11H2,1-2H3. The number of hydrogen-bond donors (Lipinski definition) is 0. The Bertz CT molecular complexity index is 1000. The first-order valence-electron chi connectivity index (χ1n) is 8.85. The van der Waals surface area contributed by atoms with E-state index in [0.29, 0.717) is 18.9 Å². The smallest absolute Gasteiger partial charge is 0.262 e. The van der Waals surface area contributed by atoms with Crippen LogP contribution in [0.15, 0.2) is 29.1 Å². The molecule has 130 valence electrons. The summed E-state index contributed by atoms with van der Waals surface area (Å²) in [5.41, 5.74) is 2.01. The average molecular weight is 356 g/mol. The van der Waals surface area contributed by atoms with Crippen LogP contribution in [0, 0.1) is 11.7 Å². The average Bonchev–Trinajstić information content (AvgIpc) is 2.94. The van der Waals surface area contributed by atoms with Crippen LogP contribution in [0.4, 0.5) is 4.39 Å². The van der Waals surface area contributed by atoms with Crippen molar-refractivity contribution < 1.29 is 4.39 Å². The van der Waals surface area contributed by atoms with Gasteiger partial charge in [0.1, 0.15) is 16.5 Å². The van der Waals surface area contributed by atoms with Crippen molar-refractivity contribution in [1.29, 1.82) is 0 Å². The fourth-order valence-corrected chi connectivity index (χ4v) is 5.11. The molecule has 2 aromatic heterocycles. The number of halogens is 1. The van der Waals surface area contributed by atoms with Gasteiger partial charge >= 0.3 is 0 Å². The second kappa shape index (κ2) is 6.37. The Morgan fingerprint density at radius 1 is 1.40 bits per heavy atom. The van der Waals surface area contributed by atoms with Gasteiger partial charge in [0.25, 0.3) is 5.56 Å². The lowest BCUT2D eigenvalue weighted by Gasteiger charge is -2.17. The normalized spacial score (nSPS) is 17.0. The van der Waals surface area contributed by atoms with Gasteiger partial charge in [-0.1, -0.05) is 26.0 Å². The quantitative estimate of drug-likeness (QED) is 0.700. The van der Waals surface area contributed by atoms with Crippen molar-refractivity contribution in [2.75, 3.05) is 0 Å². The molecule has 1 aromatic carbocycles. The van der Waals surface area contributed by atoms with E-state index in [4.69, 9.17) is 4.98 Å². The first-order chi connectivity index (χ1) is 12.1. The highest BCUT2D eigenvalue weighted by Gasteiger charge is 2.24. The third-order valence-corrected chi connectivity index (χ3v) is 6.19. The molecule has 0 amide bonds. The van der Waals surface area contributed by atoms with Gasteiger partial charge in [-0.25, -0.2) is 9.37 Å². The van der Waals surface area contributed by atoms with E-state index in [2.05, 4.69) is 6.92 Å². The monoisotopic (exact) mass is 356 g/mol. The van der Waals surface area contributed by atoms with Crippen LogP contribution in [0.5, 0.6) is 0 Å². The maximum Gasteiger partial charge on any atom is 0.262 e. The van der Waals surface area contributed by atoms with Crippen molar-refractivity contribution in [1.82, 2.24) is 9.55 Å². The molecule has 1 unspecified atom stereocenters. The summed E-state index contributed by atoms with van der Waals surface area (Å²) in [5.74, 6) is 1.16. The van der Waals surface area contributed by atoms with Gasteiger partial charge in [-0.15, -0.1) is 11.3 Å². The summed E-state index contributed by atoms with van der Waals surface area (Å²) >= 11 is 1.68. The molecular weight excluding hydrogens is 335 g/mol. The molecule has 2 heterocycles. The highest BCUT2D eigenvalue weighted by molar-refractivity contribution is 7.18. The number of aromatic nitrogens is 2. The second-order valence-electron chi connectivity index (χ2n) is 6.93. The minimum atomic E-state index is -0.278. The number of aryl methyl sites for hydroxylation is 2. The number of hydrogen-bond acceptors (Lipinski definition) is 3. The van der Waals surface area contributed by atoms with Crippen LogP contribution in [-0.2, 0) is 25.8 Å². The van der Waals surface area contributed by atoms with E-state index in [1.807, 2.05) is 13.0 Å². The van der Waals surface area contributed by atoms with Gasteiger partial charge in [0.2, 0.25) is 0 Å². The molecule has 4 rings (SSSR count). The molecule has 1 aliphatic carbocycles. The molecule has 0 N–H and O–H groups in total. The molecule has 25 heavy (non-hydrogen) atoms. The van der Waals surface area contributed by atoms with Gasteiger partial charge in [0, 0.05) is 11.3 Å². The molecule has 0 fully saturated rings. The predicted octanol–water partition coefficient (Wildman–Crippen LogP) is 4.33. The lowest BCUT2D eigenvalue weighted by Crippen LogP contribution is -2.26. The molecule has 3 nitrogen and oxygen atoms in total. The molecule has 0 saturated carbocycles. The van der Waals surface area contributed by atoms with Crippen LogP contribution < -0.4 is 5.56 Å². The van der Waals surface area contributed by atoms with Gasteiger partial charge in [0.05, 0.1) is 11.9 Å². The fourth-order valence-electron chi connectivity index (χ4n) is 3.72. The van der Waals surface area contributed by atoms with E-state index in [0.717, 1.165) is 40.9 Å². The third kappa shape index (κ3) is 2.91. The summed E-state index contributed by atoms with van der Waals surface area (Å²) in [4.78, 5) is 20.2. The Morgan fingerprint density at radius 3 is 3.00 bits per heavy atom. The summed E-state index contributed by atoms with van der Waals surface area (Å²) in [7, 11) is 0. The molecular formula is C20H21FN2OS. The lowest BCUT2D eigenvalue weighted by molar-refractivity contribution is 0.509. The maximum absolute atomic E-state index is 13.5. The number of nitrogens with zero attached hydrogens (tertiary/aromatic N) is 2. The molecule has 1 atom stereocenters. The Morgan fingerprint density at radius 2 is 2.24 bits per heavy atom. The Kier molecular flexibility index (Phi) is 4.20. The van der Waals surface area contributed by atoms with Crippen LogP contribution in [0.25, 0.3) is 10.2 Å². The van der Waals surface area contributed by atoms with Crippen molar-refractivity contribution in [3.8, 4) is 0 Å². The van der Waals surface area contributed by atoms with Gasteiger partial charge < -0.3 is 0 Å².